The molecule has 4 rings (SSSR count). The van der Waals surface area contributed by atoms with Gasteiger partial charge >= 0.3 is 0 Å². The van der Waals surface area contributed by atoms with Crippen molar-refractivity contribution in [1.82, 2.24) is 20.4 Å². The molecule has 2 aliphatic heterocycles. The molecule has 6 heteroatoms. The molecule has 0 radical (unpaired) electrons. The summed E-state index contributed by atoms with van der Waals surface area (Å²) < 4.78 is 7.73. The second-order valence-corrected chi connectivity index (χ2v) is 7.05. The Labute approximate surface area is 137 Å². The Balaban J connectivity index is 1.40. The molecular weight excluding hydrogens is 292 g/mol. The number of nitrogens with zero attached hydrogens (tertiary/aromatic N) is 2. The van der Waals surface area contributed by atoms with Crippen LogP contribution in [0.25, 0.3) is 0 Å². The summed E-state index contributed by atoms with van der Waals surface area (Å²) in [7, 11) is 0. The Hall–Kier alpha value is -1.40. The average molecular weight is 318 g/mol. The lowest BCUT2D eigenvalue weighted by Crippen LogP contribution is -2.45. The molecule has 4 atom stereocenters. The van der Waals surface area contributed by atoms with Crippen molar-refractivity contribution in [3.8, 4) is 0 Å². The molecule has 1 aromatic rings. The number of fused-ring (bicyclic) bond motifs is 1. The summed E-state index contributed by atoms with van der Waals surface area (Å²) in [5, 5.41) is 11.1. The van der Waals surface area contributed by atoms with Gasteiger partial charge < -0.3 is 15.4 Å². The molecule has 3 fully saturated rings. The van der Waals surface area contributed by atoms with E-state index in [2.05, 4.69) is 15.7 Å². The Kier molecular flexibility index (Phi) is 4.35. The van der Waals surface area contributed by atoms with Crippen LogP contribution in [-0.2, 0) is 4.74 Å². The van der Waals surface area contributed by atoms with Gasteiger partial charge in [-0.25, -0.2) is 0 Å². The number of hydrogen-bond acceptors (Lipinski definition) is 4. The minimum Gasteiger partial charge on any atom is -0.378 e. The number of rotatable bonds is 3. The third kappa shape index (κ3) is 3.15. The fraction of sp³-hybridized carbons (Fsp3) is 0.765. The number of ether oxygens (including phenoxy) is 1. The van der Waals surface area contributed by atoms with Gasteiger partial charge in [0.15, 0.2) is 0 Å². The van der Waals surface area contributed by atoms with Crippen LogP contribution in [0.4, 0.5) is 0 Å². The van der Waals surface area contributed by atoms with Crippen molar-refractivity contribution in [3.63, 3.8) is 0 Å². The zero-order valence-electron chi connectivity index (χ0n) is 13.5. The zero-order chi connectivity index (χ0) is 15.6. The first-order valence-electron chi connectivity index (χ1n) is 8.99. The highest BCUT2D eigenvalue weighted by Gasteiger charge is 2.38. The SMILES string of the molecule is O=C(NC1CCCC2OCCC12)c1ccn(C2CCCNC2)n1. The molecule has 2 saturated heterocycles. The highest BCUT2D eigenvalue weighted by atomic mass is 16.5. The summed E-state index contributed by atoms with van der Waals surface area (Å²) in [5.74, 6) is 0.447. The van der Waals surface area contributed by atoms with Gasteiger partial charge in [0.05, 0.1) is 12.1 Å². The summed E-state index contributed by atoms with van der Waals surface area (Å²) in [4.78, 5) is 12.6. The van der Waals surface area contributed by atoms with Gasteiger partial charge in [-0.15, -0.1) is 0 Å². The summed E-state index contributed by atoms with van der Waals surface area (Å²) in [5.41, 5.74) is 0.539. The largest absolute Gasteiger partial charge is 0.378 e. The van der Waals surface area contributed by atoms with Crippen molar-refractivity contribution in [2.45, 2.75) is 56.7 Å². The Morgan fingerprint density at radius 2 is 2.26 bits per heavy atom. The fourth-order valence-corrected chi connectivity index (χ4v) is 4.32. The Morgan fingerprint density at radius 1 is 1.30 bits per heavy atom. The molecule has 1 saturated carbocycles. The van der Waals surface area contributed by atoms with Crippen molar-refractivity contribution in [3.05, 3.63) is 18.0 Å². The molecule has 2 N–H and O–H groups in total. The van der Waals surface area contributed by atoms with Gasteiger partial charge in [-0.2, -0.15) is 5.10 Å². The number of carbonyl (C=O) groups excluding carboxylic acids is 1. The van der Waals surface area contributed by atoms with Gasteiger partial charge in [0.25, 0.3) is 5.91 Å². The summed E-state index contributed by atoms with van der Waals surface area (Å²) in [6.07, 6.45) is 8.97. The highest BCUT2D eigenvalue weighted by Crippen LogP contribution is 2.34. The first-order chi connectivity index (χ1) is 11.3. The van der Waals surface area contributed by atoms with Gasteiger partial charge in [0, 0.05) is 31.3 Å². The van der Waals surface area contributed by atoms with Crippen molar-refractivity contribution >= 4 is 5.91 Å². The first-order valence-corrected chi connectivity index (χ1v) is 8.99. The molecule has 3 aliphatic rings. The monoisotopic (exact) mass is 318 g/mol. The van der Waals surface area contributed by atoms with E-state index in [1.165, 1.54) is 0 Å². The van der Waals surface area contributed by atoms with Crippen LogP contribution in [0.1, 0.15) is 55.1 Å². The molecule has 126 valence electrons. The van der Waals surface area contributed by atoms with Gasteiger partial charge in [-0.1, -0.05) is 0 Å². The van der Waals surface area contributed by atoms with E-state index in [1.54, 1.807) is 0 Å². The van der Waals surface area contributed by atoms with Crippen LogP contribution in [0, 0.1) is 5.92 Å². The van der Waals surface area contributed by atoms with E-state index in [1.807, 2.05) is 16.9 Å². The summed E-state index contributed by atoms with van der Waals surface area (Å²) in [6.45, 7) is 2.86. The number of piperidine rings is 1. The van der Waals surface area contributed by atoms with Crippen LogP contribution in [0.15, 0.2) is 12.3 Å². The standard InChI is InChI=1S/C17H26N4O2/c22-17(19-14-4-1-5-16-13(14)7-10-23-16)15-6-9-21(20-15)12-3-2-8-18-11-12/h6,9,12-14,16,18H,1-5,7-8,10-11H2,(H,19,22). The smallest absolute Gasteiger partial charge is 0.272 e. The van der Waals surface area contributed by atoms with Crippen LogP contribution in [0.2, 0.25) is 0 Å². The van der Waals surface area contributed by atoms with Crippen molar-refractivity contribution in [1.29, 1.82) is 0 Å². The minimum atomic E-state index is -0.0370. The molecule has 1 amide bonds. The van der Waals surface area contributed by atoms with E-state index in [0.29, 0.717) is 23.8 Å². The molecule has 0 aromatic carbocycles. The van der Waals surface area contributed by atoms with Gasteiger partial charge in [0.2, 0.25) is 0 Å². The Bertz CT molecular complexity index is 553. The first kappa shape index (κ1) is 15.1. The minimum absolute atomic E-state index is 0.0370. The van der Waals surface area contributed by atoms with Crippen molar-refractivity contribution < 1.29 is 9.53 Å². The average Bonchev–Trinajstić information content (AvgIpc) is 3.25. The molecule has 1 aliphatic carbocycles. The quantitative estimate of drug-likeness (QED) is 0.886. The molecular formula is C17H26N4O2. The zero-order valence-corrected chi connectivity index (χ0v) is 13.5. The van der Waals surface area contributed by atoms with Crippen LogP contribution in [-0.4, -0.2) is 47.5 Å². The maximum Gasteiger partial charge on any atom is 0.272 e. The van der Waals surface area contributed by atoms with Gasteiger partial charge in [0.1, 0.15) is 5.69 Å². The lowest BCUT2D eigenvalue weighted by molar-refractivity contribution is 0.0509. The molecule has 23 heavy (non-hydrogen) atoms. The second kappa shape index (κ2) is 6.61. The van der Waals surface area contributed by atoms with E-state index in [0.717, 1.165) is 58.2 Å². The van der Waals surface area contributed by atoms with E-state index in [-0.39, 0.29) is 11.9 Å². The van der Waals surface area contributed by atoms with Crippen LogP contribution in [0.3, 0.4) is 0 Å². The second-order valence-electron chi connectivity index (χ2n) is 7.05. The molecule has 0 spiro atoms. The van der Waals surface area contributed by atoms with E-state index in [4.69, 9.17) is 4.74 Å². The third-order valence-corrected chi connectivity index (χ3v) is 5.58. The number of amides is 1. The van der Waals surface area contributed by atoms with E-state index in [9.17, 15) is 4.79 Å². The molecule has 6 nitrogen and oxygen atoms in total. The van der Waals surface area contributed by atoms with Gasteiger partial charge in [-0.05, 0) is 51.1 Å². The summed E-state index contributed by atoms with van der Waals surface area (Å²) >= 11 is 0. The Morgan fingerprint density at radius 3 is 3.13 bits per heavy atom. The number of hydrogen-bond donors (Lipinski definition) is 2. The topological polar surface area (TPSA) is 68.2 Å². The molecule has 4 unspecified atom stereocenters. The van der Waals surface area contributed by atoms with Crippen molar-refractivity contribution in [2.75, 3.05) is 19.7 Å². The maximum absolute atomic E-state index is 12.6. The normalized spacial score (nSPS) is 34.1. The lowest BCUT2D eigenvalue weighted by atomic mass is 9.82. The third-order valence-electron chi connectivity index (χ3n) is 5.58. The van der Waals surface area contributed by atoms with Gasteiger partial charge in [-0.3, -0.25) is 9.48 Å². The summed E-state index contributed by atoms with van der Waals surface area (Å²) in [6, 6.07) is 2.45. The lowest BCUT2D eigenvalue weighted by Gasteiger charge is -2.33. The maximum atomic E-state index is 12.6. The van der Waals surface area contributed by atoms with E-state index >= 15 is 0 Å². The van der Waals surface area contributed by atoms with Crippen LogP contribution >= 0.6 is 0 Å². The number of carbonyl (C=O) groups is 1. The number of aromatic nitrogens is 2. The van der Waals surface area contributed by atoms with Crippen LogP contribution < -0.4 is 10.6 Å². The predicted octanol–water partition coefficient (Wildman–Crippen LogP) is 1.49. The van der Waals surface area contributed by atoms with E-state index < -0.39 is 0 Å². The number of nitrogens with one attached hydrogen (secondary N) is 2. The fourth-order valence-electron chi connectivity index (χ4n) is 4.32. The molecule has 3 heterocycles. The highest BCUT2D eigenvalue weighted by molar-refractivity contribution is 5.92. The van der Waals surface area contributed by atoms with Crippen molar-refractivity contribution in [2.24, 2.45) is 5.92 Å². The molecule has 1 aromatic heterocycles. The van der Waals surface area contributed by atoms with Crippen LogP contribution in [0.5, 0.6) is 0 Å². The molecule has 0 bridgehead atoms. The predicted molar refractivity (Wildman–Crippen MR) is 86.3 cm³/mol.